The average molecular weight is 205 g/mol. The van der Waals surface area contributed by atoms with E-state index in [1.165, 1.54) is 5.57 Å². The maximum atomic E-state index is 12.1. The fourth-order valence-corrected chi connectivity index (χ4v) is 2.45. The highest BCUT2D eigenvalue weighted by atomic mass is 16.2. The molecule has 0 saturated carbocycles. The first-order chi connectivity index (χ1) is 7.25. The van der Waals surface area contributed by atoms with Crippen LogP contribution in [0.1, 0.15) is 39.5 Å². The van der Waals surface area contributed by atoms with Crippen LogP contribution in [0.2, 0.25) is 0 Å². The molecule has 0 aromatic rings. The van der Waals surface area contributed by atoms with Crippen LogP contribution >= 0.6 is 0 Å². The van der Waals surface area contributed by atoms with E-state index in [1.54, 1.807) is 0 Å². The molecule has 15 heavy (non-hydrogen) atoms. The Morgan fingerprint density at radius 2 is 2.33 bits per heavy atom. The second-order valence-electron chi connectivity index (χ2n) is 4.40. The summed E-state index contributed by atoms with van der Waals surface area (Å²) in [5.41, 5.74) is 2.34. The second kappa shape index (κ2) is 4.21. The van der Waals surface area contributed by atoms with Gasteiger partial charge in [0.05, 0.1) is 6.04 Å². The van der Waals surface area contributed by atoms with Gasteiger partial charge < -0.3 is 4.90 Å². The molecule has 1 aliphatic carbocycles. The van der Waals surface area contributed by atoms with Crippen molar-refractivity contribution in [3.8, 4) is 0 Å². The molecule has 1 atom stereocenters. The largest absolute Gasteiger partial charge is 0.332 e. The number of carbonyl (C=O) groups is 1. The molecule has 1 unspecified atom stereocenters. The van der Waals surface area contributed by atoms with E-state index in [9.17, 15) is 4.79 Å². The highest BCUT2D eigenvalue weighted by Crippen LogP contribution is 2.32. The summed E-state index contributed by atoms with van der Waals surface area (Å²) in [5, 5.41) is 0. The van der Waals surface area contributed by atoms with Gasteiger partial charge in [0.1, 0.15) is 0 Å². The minimum absolute atomic E-state index is 0.287. The third-order valence-electron chi connectivity index (χ3n) is 3.40. The maximum Gasteiger partial charge on any atom is 0.250 e. The van der Waals surface area contributed by atoms with E-state index >= 15 is 0 Å². The van der Waals surface area contributed by atoms with Crippen LogP contribution in [-0.2, 0) is 4.79 Å². The molecule has 2 heteroatoms. The minimum Gasteiger partial charge on any atom is -0.332 e. The van der Waals surface area contributed by atoms with E-state index in [1.807, 2.05) is 4.90 Å². The van der Waals surface area contributed by atoms with E-state index in [0.29, 0.717) is 6.04 Å². The maximum absolute atomic E-state index is 12.1. The Morgan fingerprint density at radius 1 is 1.53 bits per heavy atom. The van der Waals surface area contributed by atoms with Gasteiger partial charge in [-0.15, -0.1) is 0 Å². The van der Waals surface area contributed by atoms with Gasteiger partial charge in [-0.05, 0) is 31.8 Å². The molecule has 0 saturated heterocycles. The van der Waals surface area contributed by atoms with Crippen molar-refractivity contribution in [1.29, 1.82) is 0 Å². The van der Waals surface area contributed by atoms with Crippen LogP contribution in [0.25, 0.3) is 0 Å². The Bertz CT molecular complexity index is 327. The molecule has 0 spiro atoms. The number of hydrogen-bond donors (Lipinski definition) is 0. The average Bonchev–Trinajstić information content (AvgIpc) is 2.51. The minimum atomic E-state index is 0.287. The van der Waals surface area contributed by atoms with Gasteiger partial charge in [0, 0.05) is 12.1 Å². The number of nitrogens with zero attached hydrogens (tertiary/aromatic N) is 1. The van der Waals surface area contributed by atoms with Crippen LogP contribution in [-0.4, -0.2) is 23.4 Å². The molecule has 2 rings (SSSR count). The van der Waals surface area contributed by atoms with Crippen LogP contribution in [0.4, 0.5) is 0 Å². The van der Waals surface area contributed by atoms with E-state index in [0.717, 1.165) is 37.8 Å². The number of carbonyl (C=O) groups excluding carboxylic acids is 1. The third-order valence-corrected chi connectivity index (χ3v) is 3.40. The molecule has 1 amide bonds. The predicted octanol–water partition coefficient (Wildman–Crippen LogP) is 2.66. The summed E-state index contributed by atoms with van der Waals surface area (Å²) in [6.45, 7) is 5.22. The van der Waals surface area contributed by atoms with Gasteiger partial charge in [0.25, 0.3) is 5.91 Å². The first-order valence-corrected chi connectivity index (χ1v) is 5.96. The summed E-state index contributed by atoms with van der Waals surface area (Å²) in [6, 6.07) is 0.301. The summed E-state index contributed by atoms with van der Waals surface area (Å²) >= 11 is 0. The molecule has 0 aromatic carbocycles. The Hall–Kier alpha value is -1.05. The first-order valence-electron chi connectivity index (χ1n) is 5.96. The van der Waals surface area contributed by atoms with E-state index < -0.39 is 0 Å². The standard InChI is InChI=1S/C13H19NO/c1-3-4-9-14-10(2)11-7-5-6-8-12(11)13(14)15/h5,7,10H,3-4,6,8-9H2,1-2H3. The molecule has 2 aliphatic rings. The van der Waals surface area contributed by atoms with Crippen molar-refractivity contribution in [1.82, 2.24) is 4.90 Å². The van der Waals surface area contributed by atoms with Crippen molar-refractivity contribution in [2.24, 2.45) is 0 Å². The number of rotatable bonds is 3. The molecule has 82 valence electrons. The SMILES string of the molecule is CCCCN1C(=O)C2=C(C=CCC2)C1C. The summed E-state index contributed by atoms with van der Waals surface area (Å²) in [6.07, 6.45) is 8.56. The van der Waals surface area contributed by atoms with Crippen molar-refractivity contribution in [2.75, 3.05) is 6.54 Å². The van der Waals surface area contributed by atoms with E-state index in [2.05, 4.69) is 26.0 Å². The topological polar surface area (TPSA) is 20.3 Å². The fraction of sp³-hybridized carbons (Fsp3) is 0.615. The summed E-state index contributed by atoms with van der Waals surface area (Å²) in [5.74, 6) is 0.287. The predicted molar refractivity (Wildman–Crippen MR) is 61.5 cm³/mol. The second-order valence-corrected chi connectivity index (χ2v) is 4.40. The lowest BCUT2D eigenvalue weighted by Crippen LogP contribution is -2.34. The van der Waals surface area contributed by atoms with Crippen molar-refractivity contribution in [3.63, 3.8) is 0 Å². The smallest absolute Gasteiger partial charge is 0.250 e. The zero-order valence-electron chi connectivity index (χ0n) is 9.62. The quantitative estimate of drug-likeness (QED) is 0.693. The Balaban J connectivity index is 2.14. The summed E-state index contributed by atoms with van der Waals surface area (Å²) in [4.78, 5) is 14.1. The van der Waals surface area contributed by atoms with Crippen LogP contribution < -0.4 is 0 Å². The Morgan fingerprint density at radius 3 is 3.00 bits per heavy atom. The fourth-order valence-electron chi connectivity index (χ4n) is 2.45. The molecule has 2 nitrogen and oxygen atoms in total. The molecule has 1 heterocycles. The molecule has 0 radical (unpaired) electrons. The highest BCUT2D eigenvalue weighted by Gasteiger charge is 2.34. The molecule has 1 aliphatic heterocycles. The Kier molecular flexibility index (Phi) is 2.94. The van der Waals surface area contributed by atoms with Crippen LogP contribution in [0.15, 0.2) is 23.3 Å². The van der Waals surface area contributed by atoms with Crippen LogP contribution in [0, 0.1) is 0 Å². The van der Waals surface area contributed by atoms with Gasteiger partial charge in [-0.1, -0.05) is 25.5 Å². The molecule has 0 bridgehead atoms. The van der Waals surface area contributed by atoms with Crippen molar-refractivity contribution in [2.45, 2.75) is 45.6 Å². The number of allylic oxidation sites excluding steroid dienone is 1. The van der Waals surface area contributed by atoms with Gasteiger partial charge in [-0.2, -0.15) is 0 Å². The molecule has 0 aromatic heterocycles. The number of hydrogen-bond acceptors (Lipinski definition) is 1. The van der Waals surface area contributed by atoms with Crippen molar-refractivity contribution < 1.29 is 4.79 Å². The van der Waals surface area contributed by atoms with Gasteiger partial charge in [-0.25, -0.2) is 0 Å². The van der Waals surface area contributed by atoms with E-state index in [-0.39, 0.29) is 5.91 Å². The zero-order chi connectivity index (χ0) is 10.8. The normalized spacial score (nSPS) is 25.1. The van der Waals surface area contributed by atoms with Gasteiger partial charge in [0.2, 0.25) is 0 Å². The lowest BCUT2D eigenvalue weighted by Gasteiger charge is -2.22. The summed E-state index contributed by atoms with van der Waals surface area (Å²) in [7, 11) is 0. The highest BCUT2D eigenvalue weighted by molar-refractivity contribution is 5.98. The van der Waals surface area contributed by atoms with Crippen LogP contribution in [0.3, 0.4) is 0 Å². The van der Waals surface area contributed by atoms with Gasteiger partial charge >= 0.3 is 0 Å². The number of unbranched alkanes of at least 4 members (excludes halogenated alkanes) is 1. The molecule has 0 N–H and O–H groups in total. The molecular formula is C13H19NO. The van der Waals surface area contributed by atoms with Crippen LogP contribution in [0.5, 0.6) is 0 Å². The third kappa shape index (κ3) is 1.73. The lowest BCUT2D eigenvalue weighted by atomic mass is 9.97. The molecular weight excluding hydrogens is 186 g/mol. The first kappa shape index (κ1) is 10.5. The van der Waals surface area contributed by atoms with Gasteiger partial charge in [-0.3, -0.25) is 4.79 Å². The summed E-state index contributed by atoms with van der Waals surface area (Å²) < 4.78 is 0. The monoisotopic (exact) mass is 205 g/mol. The van der Waals surface area contributed by atoms with E-state index in [4.69, 9.17) is 0 Å². The lowest BCUT2D eigenvalue weighted by molar-refractivity contribution is -0.127. The molecule has 0 fully saturated rings. The zero-order valence-corrected chi connectivity index (χ0v) is 9.62. The van der Waals surface area contributed by atoms with Crippen molar-refractivity contribution in [3.05, 3.63) is 23.3 Å². The number of amides is 1. The Labute approximate surface area is 91.6 Å². The van der Waals surface area contributed by atoms with Gasteiger partial charge in [0.15, 0.2) is 0 Å². The van der Waals surface area contributed by atoms with Crippen molar-refractivity contribution >= 4 is 5.91 Å².